The Kier molecular flexibility index (Phi) is 2.57. The van der Waals surface area contributed by atoms with Crippen molar-refractivity contribution in [2.45, 2.75) is 25.2 Å². The lowest BCUT2D eigenvalue weighted by Crippen LogP contribution is -2.14. The number of halogens is 1. The number of hydrogen-bond acceptors (Lipinski definition) is 3. The summed E-state index contributed by atoms with van der Waals surface area (Å²) < 4.78 is 4.02. The van der Waals surface area contributed by atoms with Crippen molar-refractivity contribution in [3.05, 3.63) is 47.0 Å². The zero-order valence-corrected chi connectivity index (χ0v) is 11.9. The smallest absolute Gasteiger partial charge is 0.154 e. The van der Waals surface area contributed by atoms with Gasteiger partial charge in [0.05, 0.1) is 12.4 Å². The fraction of sp³-hybridized carbons (Fsp3) is 0.357. The third kappa shape index (κ3) is 1.59. The van der Waals surface area contributed by atoms with E-state index in [4.69, 9.17) is 11.6 Å². The van der Waals surface area contributed by atoms with E-state index < -0.39 is 0 Å². The third-order valence-corrected chi connectivity index (χ3v) is 4.42. The zero-order chi connectivity index (χ0) is 13.7. The number of aryl methyl sites for hydroxylation is 1. The Labute approximate surface area is 121 Å². The first kappa shape index (κ1) is 11.9. The second kappa shape index (κ2) is 4.31. The molecular formula is C14H14ClN5. The van der Waals surface area contributed by atoms with Crippen LogP contribution in [-0.4, -0.2) is 24.1 Å². The number of aromatic nitrogens is 5. The lowest BCUT2D eigenvalue weighted by Gasteiger charge is -2.21. The third-order valence-electron chi connectivity index (χ3n) is 4.13. The summed E-state index contributed by atoms with van der Waals surface area (Å²) in [5, 5.41) is 4.89. The van der Waals surface area contributed by atoms with Gasteiger partial charge in [0.25, 0.3) is 0 Å². The Bertz CT molecular complexity index is 788. The number of nitrogens with zero attached hydrogens (tertiary/aromatic N) is 5. The second-order valence-electron chi connectivity index (χ2n) is 5.20. The number of imidazole rings is 1. The van der Waals surface area contributed by atoms with E-state index in [2.05, 4.69) is 15.1 Å². The van der Waals surface area contributed by atoms with Gasteiger partial charge in [0.2, 0.25) is 0 Å². The van der Waals surface area contributed by atoms with E-state index in [9.17, 15) is 0 Å². The Morgan fingerprint density at radius 3 is 3.10 bits per heavy atom. The maximum absolute atomic E-state index is 6.13. The van der Waals surface area contributed by atoms with Crippen LogP contribution < -0.4 is 0 Å². The highest BCUT2D eigenvalue weighted by molar-refractivity contribution is 6.32. The Balaban J connectivity index is 1.90. The lowest BCUT2D eigenvalue weighted by molar-refractivity contribution is 0.563. The van der Waals surface area contributed by atoms with Crippen molar-refractivity contribution in [3.8, 4) is 0 Å². The van der Waals surface area contributed by atoms with Crippen LogP contribution in [-0.2, 0) is 13.5 Å². The average Bonchev–Trinajstić information content (AvgIpc) is 3.04. The van der Waals surface area contributed by atoms with E-state index in [1.54, 1.807) is 12.4 Å². The Morgan fingerprint density at radius 2 is 2.20 bits per heavy atom. The molecule has 5 nitrogen and oxygen atoms in total. The Morgan fingerprint density at radius 1 is 1.30 bits per heavy atom. The van der Waals surface area contributed by atoms with Crippen molar-refractivity contribution in [1.82, 2.24) is 24.1 Å². The van der Waals surface area contributed by atoms with Gasteiger partial charge in [-0.3, -0.25) is 9.08 Å². The molecule has 0 amide bonds. The molecule has 0 spiro atoms. The standard InChI is InChI=1S/C14H14ClN5/c1-19-11-4-2-3-9(10(11)7-18-19)14-17-8-12-13(15)16-5-6-20(12)14/h5-9H,2-4H2,1H3/t9-/m0/s1. The van der Waals surface area contributed by atoms with Gasteiger partial charge in [0.15, 0.2) is 5.15 Å². The molecule has 0 bridgehead atoms. The van der Waals surface area contributed by atoms with E-state index in [1.165, 1.54) is 11.3 Å². The molecule has 0 fully saturated rings. The van der Waals surface area contributed by atoms with Crippen molar-refractivity contribution in [2.75, 3.05) is 0 Å². The molecule has 0 saturated heterocycles. The van der Waals surface area contributed by atoms with Crippen LogP contribution in [0.3, 0.4) is 0 Å². The molecule has 102 valence electrons. The topological polar surface area (TPSA) is 48.0 Å². The molecule has 0 aliphatic heterocycles. The number of rotatable bonds is 1. The molecule has 1 aliphatic rings. The largest absolute Gasteiger partial charge is 0.299 e. The second-order valence-corrected chi connectivity index (χ2v) is 5.56. The quantitative estimate of drug-likeness (QED) is 0.691. The van der Waals surface area contributed by atoms with Gasteiger partial charge in [-0.15, -0.1) is 0 Å². The van der Waals surface area contributed by atoms with E-state index in [0.717, 1.165) is 30.6 Å². The van der Waals surface area contributed by atoms with Crippen molar-refractivity contribution in [2.24, 2.45) is 7.05 Å². The molecular weight excluding hydrogens is 274 g/mol. The molecule has 3 aromatic rings. The minimum Gasteiger partial charge on any atom is -0.299 e. The summed E-state index contributed by atoms with van der Waals surface area (Å²) in [4.78, 5) is 8.69. The molecule has 0 unspecified atom stereocenters. The van der Waals surface area contributed by atoms with Crippen LogP contribution in [0, 0.1) is 0 Å². The zero-order valence-electron chi connectivity index (χ0n) is 11.1. The van der Waals surface area contributed by atoms with Gasteiger partial charge < -0.3 is 0 Å². The summed E-state index contributed by atoms with van der Waals surface area (Å²) in [5.74, 6) is 1.31. The Hall–Kier alpha value is -1.88. The highest BCUT2D eigenvalue weighted by Crippen LogP contribution is 2.36. The molecule has 1 aliphatic carbocycles. The molecule has 6 heteroatoms. The average molecular weight is 288 g/mol. The summed E-state index contributed by atoms with van der Waals surface area (Å²) in [7, 11) is 2.01. The van der Waals surface area contributed by atoms with Gasteiger partial charge in [-0.05, 0) is 19.3 Å². The molecule has 0 radical (unpaired) electrons. The number of hydrogen-bond donors (Lipinski definition) is 0. The molecule has 0 aromatic carbocycles. The van der Waals surface area contributed by atoms with Gasteiger partial charge in [0.1, 0.15) is 11.3 Å². The van der Waals surface area contributed by atoms with Gasteiger partial charge in [-0.1, -0.05) is 11.6 Å². The predicted molar refractivity (Wildman–Crippen MR) is 76.0 cm³/mol. The van der Waals surface area contributed by atoms with Crippen molar-refractivity contribution in [1.29, 1.82) is 0 Å². The fourth-order valence-electron chi connectivity index (χ4n) is 3.15. The maximum atomic E-state index is 6.13. The van der Waals surface area contributed by atoms with Crippen LogP contribution in [0.25, 0.3) is 5.52 Å². The molecule has 1 atom stereocenters. The van der Waals surface area contributed by atoms with E-state index >= 15 is 0 Å². The summed E-state index contributed by atoms with van der Waals surface area (Å²) in [5.41, 5.74) is 3.47. The minimum atomic E-state index is 0.286. The van der Waals surface area contributed by atoms with Gasteiger partial charge in [-0.2, -0.15) is 5.10 Å². The van der Waals surface area contributed by atoms with Crippen LogP contribution in [0.15, 0.2) is 24.8 Å². The van der Waals surface area contributed by atoms with Crippen LogP contribution in [0.2, 0.25) is 5.15 Å². The van der Waals surface area contributed by atoms with E-state index in [0.29, 0.717) is 5.15 Å². The monoisotopic (exact) mass is 287 g/mol. The predicted octanol–water partition coefficient (Wildman–Crippen LogP) is 2.58. The summed E-state index contributed by atoms with van der Waals surface area (Å²) in [6.07, 6.45) is 10.8. The highest BCUT2D eigenvalue weighted by atomic mass is 35.5. The van der Waals surface area contributed by atoms with Crippen LogP contribution >= 0.6 is 11.6 Å². The van der Waals surface area contributed by atoms with E-state index in [1.807, 2.05) is 28.5 Å². The molecule has 0 saturated carbocycles. The molecule has 20 heavy (non-hydrogen) atoms. The molecule has 0 N–H and O–H groups in total. The lowest BCUT2D eigenvalue weighted by atomic mass is 9.86. The van der Waals surface area contributed by atoms with Crippen molar-refractivity contribution in [3.63, 3.8) is 0 Å². The van der Waals surface area contributed by atoms with Gasteiger partial charge >= 0.3 is 0 Å². The summed E-state index contributed by atoms with van der Waals surface area (Å²) in [6, 6.07) is 0. The van der Waals surface area contributed by atoms with Crippen LogP contribution in [0.4, 0.5) is 0 Å². The highest BCUT2D eigenvalue weighted by Gasteiger charge is 2.28. The van der Waals surface area contributed by atoms with Gasteiger partial charge in [-0.25, -0.2) is 9.97 Å². The van der Waals surface area contributed by atoms with Crippen molar-refractivity contribution < 1.29 is 0 Å². The molecule has 4 rings (SSSR count). The summed E-state index contributed by atoms with van der Waals surface area (Å²) in [6.45, 7) is 0. The first-order valence-electron chi connectivity index (χ1n) is 6.74. The van der Waals surface area contributed by atoms with Crippen molar-refractivity contribution >= 4 is 17.1 Å². The van der Waals surface area contributed by atoms with E-state index in [-0.39, 0.29) is 5.92 Å². The summed E-state index contributed by atoms with van der Waals surface area (Å²) >= 11 is 6.13. The maximum Gasteiger partial charge on any atom is 0.154 e. The van der Waals surface area contributed by atoms with Gasteiger partial charge in [0, 0.05) is 36.6 Å². The fourth-order valence-corrected chi connectivity index (χ4v) is 3.34. The number of fused-ring (bicyclic) bond motifs is 2. The van der Waals surface area contributed by atoms with Crippen LogP contribution in [0.1, 0.15) is 35.8 Å². The minimum absolute atomic E-state index is 0.286. The molecule has 3 heterocycles. The molecule has 3 aromatic heterocycles. The normalized spacial score (nSPS) is 18.4. The first-order chi connectivity index (χ1) is 9.75. The SMILES string of the molecule is Cn1ncc2c1CCC[C@@H]2c1ncc2c(Cl)nccn12. The first-order valence-corrected chi connectivity index (χ1v) is 7.11. The van der Waals surface area contributed by atoms with Crippen LogP contribution in [0.5, 0.6) is 0 Å².